The molecular formula is C21H23ClO6. The second-order valence-electron chi connectivity index (χ2n) is 6.33. The molecule has 2 aromatic rings. The van der Waals surface area contributed by atoms with E-state index in [1.807, 2.05) is 25.1 Å². The third-order valence-electron chi connectivity index (χ3n) is 4.29. The molecule has 0 aliphatic carbocycles. The van der Waals surface area contributed by atoms with E-state index in [4.69, 9.17) is 35.7 Å². The average Bonchev–Trinajstić information content (AvgIpc) is 2.68. The molecular weight excluding hydrogens is 384 g/mol. The number of hydrogen-bond donors (Lipinski definition) is 1. The van der Waals surface area contributed by atoms with Crippen LogP contribution in [0.3, 0.4) is 0 Å². The van der Waals surface area contributed by atoms with Gasteiger partial charge in [-0.05, 0) is 43.5 Å². The molecule has 2 aromatic carbocycles. The van der Waals surface area contributed by atoms with Crippen molar-refractivity contribution in [3.8, 4) is 23.0 Å². The Morgan fingerprint density at radius 1 is 1.14 bits per heavy atom. The number of ether oxygens (including phenoxy) is 4. The van der Waals surface area contributed by atoms with Crippen LogP contribution in [0.1, 0.15) is 25.3 Å². The van der Waals surface area contributed by atoms with Gasteiger partial charge < -0.3 is 24.1 Å². The van der Waals surface area contributed by atoms with Crippen molar-refractivity contribution in [3.05, 3.63) is 47.0 Å². The Morgan fingerprint density at radius 3 is 2.64 bits per heavy atom. The number of fused-ring (bicyclic) bond motifs is 1. The maximum atomic E-state index is 11.1. The van der Waals surface area contributed by atoms with Gasteiger partial charge in [0.15, 0.2) is 6.10 Å². The molecule has 7 heteroatoms. The van der Waals surface area contributed by atoms with Gasteiger partial charge in [0.1, 0.15) is 23.0 Å². The Labute approximate surface area is 168 Å². The Kier molecular flexibility index (Phi) is 6.87. The third-order valence-corrected chi connectivity index (χ3v) is 4.58. The summed E-state index contributed by atoms with van der Waals surface area (Å²) in [7, 11) is 0. The molecule has 0 amide bonds. The van der Waals surface area contributed by atoms with Crippen LogP contribution in [-0.2, 0) is 11.2 Å². The molecule has 1 aliphatic heterocycles. The zero-order chi connectivity index (χ0) is 19.9. The normalized spacial score (nSPS) is 15.3. The number of aryl methyl sites for hydroxylation is 1. The predicted octanol–water partition coefficient (Wildman–Crippen LogP) is 4.36. The van der Waals surface area contributed by atoms with Gasteiger partial charge in [-0.1, -0.05) is 17.7 Å². The van der Waals surface area contributed by atoms with Gasteiger partial charge in [0.25, 0.3) is 0 Å². The van der Waals surface area contributed by atoms with E-state index in [2.05, 4.69) is 0 Å². The molecule has 150 valence electrons. The van der Waals surface area contributed by atoms with Gasteiger partial charge in [0.2, 0.25) is 0 Å². The standard InChI is InChI=1S/C21H23ClO6/c1-2-25-15-7-9-18(17(22)12-15)27-11-3-10-26-16-6-4-14-5-8-19(21(23)24)28-20(14)13-16/h4,6-7,9,12-13,19H,2-3,5,8,10-11H2,1H3,(H,23,24). The fraction of sp³-hybridized carbons (Fsp3) is 0.381. The van der Waals surface area contributed by atoms with Gasteiger partial charge >= 0.3 is 5.97 Å². The zero-order valence-electron chi connectivity index (χ0n) is 15.7. The topological polar surface area (TPSA) is 74.2 Å². The Morgan fingerprint density at radius 2 is 1.89 bits per heavy atom. The number of benzene rings is 2. The van der Waals surface area contributed by atoms with Crippen molar-refractivity contribution in [3.63, 3.8) is 0 Å². The van der Waals surface area contributed by atoms with E-state index in [1.165, 1.54) is 0 Å². The van der Waals surface area contributed by atoms with Gasteiger partial charge in [-0.2, -0.15) is 0 Å². The summed E-state index contributed by atoms with van der Waals surface area (Å²) in [6, 6.07) is 10.9. The summed E-state index contributed by atoms with van der Waals surface area (Å²) in [4.78, 5) is 11.1. The second kappa shape index (κ2) is 9.55. The Bertz CT molecular complexity index is 823. The summed E-state index contributed by atoms with van der Waals surface area (Å²) >= 11 is 6.18. The van der Waals surface area contributed by atoms with Crippen LogP contribution in [0.2, 0.25) is 5.02 Å². The lowest BCUT2D eigenvalue weighted by Crippen LogP contribution is -2.30. The highest BCUT2D eigenvalue weighted by Gasteiger charge is 2.25. The lowest BCUT2D eigenvalue weighted by molar-refractivity contribution is -0.145. The summed E-state index contributed by atoms with van der Waals surface area (Å²) in [5.74, 6) is 1.59. The van der Waals surface area contributed by atoms with E-state index < -0.39 is 12.1 Å². The fourth-order valence-corrected chi connectivity index (χ4v) is 3.12. The van der Waals surface area contributed by atoms with Gasteiger partial charge in [-0.25, -0.2) is 4.79 Å². The minimum Gasteiger partial charge on any atom is -0.494 e. The first-order chi connectivity index (χ1) is 13.6. The summed E-state index contributed by atoms with van der Waals surface area (Å²) in [5.41, 5.74) is 0.998. The minimum atomic E-state index is -0.943. The quantitative estimate of drug-likeness (QED) is 0.623. The molecule has 1 N–H and O–H groups in total. The molecule has 1 aliphatic rings. The largest absolute Gasteiger partial charge is 0.494 e. The molecule has 0 aromatic heterocycles. The van der Waals surface area contributed by atoms with E-state index >= 15 is 0 Å². The Hall–Kier alpha value is -2.60. The van der Waals surface area contributed by atoms with Gasteiger partial charge in [-0.3, -0.25) is 0 Å². The number of hydrogen-bond acceptors (Lipinski definition) is 5. The first kappa shape index (κ1) is 20.1. The third kappa shape index (κ3) is 5.23. The number of halogens is 1. The van der Waals surface area contributed by atoms with Crippen LogP contribution in [0, 0.1) is 0 Å². The molecule has 3 rings (SSSR count). The van der Waals surface area contributed by atoms with E-state index in [9.17, 15) is 4.79 Å². The first-order valence-corrected chi connectivity index (χ1v) is 9.65. The van der Waals surface area contributed by atoms with Crippen LogP contribution in [0.5, 0.6) is 23.0 Å². The molecule has 6 nitrogen and oxygen atoms in total. The van der Waals surface area contributed by atoms with Gasteiger partial charge in [0.05, 0.1) is 24.8 Å². The van der Waals surface area contributed by atoms with E-state index in [0.29, 0.717) is 67.1 Å². The highest BCUT2D eigenvalue weighted by Crippen LogP contribution is 2.32. The molecule has 28 heavy (non-hydrogen) atoms. The average molecular weight is 407 g/mol. The summed E-state index contributed by atoms with van der Waals surface area (Å²) in [6.07, 6.45) is 1.03. The minimum absolute atomic E-state index is 0.454. The van der Waals surface area contributed by atoms with Crippen molar-refractivity contribution in [2.24, 2.45) is 0 Å². The lowest BCUT2D eigenvalue weighted by atomic mass is 10.0. The SMILES string of the molecule is CCOc1ccc(OCCCOc2ccc3c(c2)OC(C(=O)O)CC3)c(Cl)c1. The van der Waals surface area contributed by atoms with Crippen LogP contribution in [-0.4, -0.2) is 37.0 Å². The molecule has 1 atom stereocenters. The summed E-state index contributed by atoms with van der Waals surface area (Å²) in [6.45, 7) is 3.40. The number of rotatable bonds is 9. The van der Waals surface area contributed by atoms with Gasteiger partial charge in [-0.15, -0.1) is 0 Å². The van der Waals surface area contributed by atoms with Gasteiger partial charge in [0, 0.05) is 18.6 Å². The highest BCUT2D eigenvalue weighted by molar-refractivity contribution is 6.32. The summed E-state index contributed by atoms with van der Waals surface area (Å²) < 4.78 is 22.3. The number of carboxylic acid groups (broad SMARTS) is 1. The molecule has 0 spiro atoms. The van der Waals surface area contributed by atoms with Crippen molar-refractivity contribution in [2.75, 3.05) is 19.8 Å². The van der Waals surface area contributed by atoms with Crippen LogP contribution in [0.25, 0.3) is 0 Å². The number of aliphatic carboxylic acids is 1. The van der Waals surface area contributed by atoms with Crippen molar-refractivity contribution >= 4 is 17.6 Å². The molecule has 1 unspecified atom stereocenters. The van der Waals surface area contributed by atoms with Crippen molar-refractivity contribution in [1.29, 1.82) is 0 Å². The van der Waals surface area contributed by atoms with Crippen LogP contribution >= 0.6 is 11.6 Å². The fourth-order valence-electron chi connectivity index (χ4n) is 2.90. The highest BCUT2D eigenvalue weighted by atomic mass is 35.5. The van der Waals surface area contributed by atoms with Crippen molar-refractivity contribution < 1.29 is 28.8 Å². The molecule has 0 saturated heterocycles. The molecule has 0 fully saturated rings. The van der Waals surface area contributed by atoms with Crippen molar-refractivity contribution in [1.82, 2.24) is 0 Å². The van der Waals surface area contributed by atoms with E-state index in [1.54, 1.807) is 18.2 Å². The molecule has 0 radical (unpaired) electrons. The molecule has 0 bridgehead atoms. The predicted molar refractivity (Wildman–Crippen MR) is 105 cm³/mol. The smallest absolute Gasteiger partial charge is 0.344 e. The Balaban J connectivity index is 1.45. The van der Waals surface area contributed by atoms with Crippen molar-refractivity contribution in [2.45, 2.75) is 32.3 Å². The van der Waals surface area contributed by atoms with Crippen LogP contribution < -0.4 is 18.9 Å². The number of carbonyl (C=O) groups is 1. The monoisotopic (exact) mass is 406 g/mol. The van der Waals surface area contributed by atoms with E-state index in [-0.39, 0.29) is 0 Å². The van der Waals surface area contributed by atoms with Crippen LogP contribution in [0.4, 0.5) is 0 Å². The number of carboxylic acids is 1. The van der Waals surface area contributed by atoms with E-state index in [0.717, 1.165) is 5.56 Å². The maximum absolute atomic E-state index is 11.1. The maximum Gasteiger partial charge on any atom is 0.344 e. The second-order valence-corrected chi connectivity index (χ2v) is 6.74. The lowest BCUT2D eigenvalue weighted by Gasteiger charge is -2.23. The molecule has 0 saturated carbocycles. The zero-order valence-corrected chi connectivity index (χ0v) is 16.4. The first-order valence-electron chi connectivity index (χ1n) is 9.27. The molecule has 1 heterocycles. The van der Waals surface area contributed by atoms with Crippen LogP contribution in [0.15, 0.2) is 36.4 Å². The summed E-state index contributed by atoms with van der Waals surface area (Å²) in [5, 5.41) is 9.61.